The molecule has 0 aliphatic carbocycles. The number of anilines is 1. The van der Waals surface area contributed by atoms with Gasteiger partial charge in [-0.1, -0.05) is 0 Å². The number of fused-ring (bicyclic) bond motifs is 1. The SMILES string of the molecule is CC(=O)Nc1ncnc2c1c(B(O)O)cn2[C@@H]1OC(CO)C(O)[C@@]1(C)F. The molecule has 3 rings (SSSR count). The average Bonchev–Trinajstić information content (AvgIpc) is 3.04. The topological polar surface area (TPSA) is 150 Å². The van der Waals surface area contributed by atoms with E-state index in [9.17, 15) is 25.1 Å². The van der Waals surface area contributed by atoms with Crippen LogP contribution in [0.4, 0.5) is 10.2 Å². The summed E-state index contributed by atoms with van der Waals surface area (Å²) in [5.41, 5.74) is -2.31. The Morgan fingerprint density at radius 3 is 2.73 bits per heavy atom. The molecular formula is C14H18BFN4O6. The lowest BCUT2D eigenvalue weighted by Gasteiger charge is -2.25. The molecule has 26 heavy (non-hydrogen) atoms. The van der Waals surface area contributed by atoms with E-state index in [1.807, 2.05) is 0 Å². The van der Waals surface area contributed by atoms with Gasteiger partial charge in [-0.25, -0.2) is 14.4 Å². The summed E-state index contributed by atoms with van der Waals surface area (Å²) in [5.74, 6) is -0.429. The van der Waals surface area contributed by atoms with Crippen LogP contribution in [0.15, 0.2) is 12.5 Å². The zero-order chi connectivity index (χ0) is 19.2. The summed E-state index contributed by atoms with van der Waals surface area (Å²) < 4.78 is 21.7. The summed E-state index contributed by atoms with van der Waals surface area (Å²) in [4.78, 5) is 19.3. The molecular weight excluding hydrogens is 350 g/mol. The quantitative estimate of drug-likeness (QED) is 0.391. The minimum atomic E-state index is -2.30. The van der Waals surface area contributed by atoms with Gasteiger partial charge in [-0.05, 0) is 6.92 Å². The molecule has 0 radical (unpaired) electrons. The first-order chi connectivity index (χ1) is 12.2. The van der Waals surface area contributed by atoms with E-state index >= 15 is 4.39 Å². The van der Waals surface area contributed by atoms with Crippen LogP contribution < -0.4 is 10.8 Å². The predicted octanol–water partition coefficient (Wildman–Crippen LogP) is -1.95. The number of nitrogens with zero attached hydrogens (tertiary/aromatic N) is 3. The smallest absolute Gasteiger partial charge is 0.423 e. The number of carbonyl (C=O) groups is 1. The van der Waals surface area contributed by atoms with Crippen LogP contribution in [0.2, 0.25) is 0 Å². The molecule has 1 saturated heterocycles. The fourth-order valence-corrected chi connectivity index (χ4v) is 3.11. The van der Waals surface area contributed by atoms with Crippen LogP contribution in [0.5, 0.6) is 0 Å². The van der Waals surface area contributed by atoms with E-state index in [1.54, 1.807) is 0 Å². The molecule has 1 aliphatic heterocycles. The third kappa shape index (κ3) is 2.85. The van der Waals surface area contributed by atoms with Gasteiger partial charge in [0.1, 0.15) is 30.0 Å². The first kappa shape index (κ1) is 18.7. The molecule has 2 unspecified atom stereocenters. The highest BCUT2D eigenvalue weighted by Gasteiger charge is 2.55. The third-order valence-electron chi connectivity index (χ3n) is 4.36. The molecule has 1 fully saturated rings. The number of aliphatic hydroxyl groups is 2. The summed E-state index contributed by atoms with van der Waals surface area (Å²) in [6, 6.07) is 0. The lowest BCUT2D eigenvalue weighted by molar-refractivity contribution is -0.114. The second-order valence-corrected chi connectivity index (χ2v) is 6.27. The highest BCUT2D eigenvalue weighted by atomic mass is 19.1. The molecule has 2 aromatic rings. The maximum atomic E-state index is 15.1. The maximum absolute atomic E-state index is 15.1. The maximum Gasteiger partial charge on any atom is 0.490 e. The van der Waals surface area contributed by atoms with E-state index in [1.165, 1.54) is 17.7 Å². The number of halogens is 1. The largest absolute Gasteiger partial charge is 0.490 e. The second kappa shape index (κ2) is 6.56. The van der Waals surface area contributed by atoms with Crippen molar-refractivity contribution in [3.05, 3.63) is 12.5 Å². The number of hydrogen-bond acceptors (Lipinski definition) is 8. The van der Waals surface area contributed by atoms with E-state index < -0.39 is 43.7 Å². The van der Waals surface area contributed by atoms with Gasteiger partial charge in [0.25, 0.3) is 0 Å². The molecule has 10 nitrogen and oxygen atoms in total. The molecule has 0 saturated carbocycles. The molecule has 4 atom stereocenters. The Hall–Kier alpha value is -2.12. The van der Waals surface area contributed by atoms with Crippen molar-refractivity contribution in [3.63, 3.8) is 0 Å². The second-order valence-electron chi connectivity index (χ2n) is 6.27. The molecule has 2 aromatic heterocycles. The molecule has 3 heterocycles. The van der Waals surface area contributed by atoms with Gasteiger partial charge < -0.3 is 34.9 Å². The molecule has 0 aromatic carbocycles. The van der Waals surface area contributed by atoms with Crippen molar-refractivity contribution in [2.24, 2.45) is 0 Å². The fraction of sp³-hybridized carbons (Fsp3) is 0.500. The number of aliphatic hydroxyl groups excluding tert-OH is 2. The Labute approximate surface area is 147 Å². The number of carbonyl (C=O) groups excluding carboxylic acids is 1. The first-order valence-corrected chi connectivity index (χ1v) is 7.81. The van der Waals surface area contributed by atoms with Gasteiger partial charge in [0.05, 0.1) is 12.0 Å². The van der Waals surface area contributed by atoms with Gasteiger partial charge in [-0.3, -0.25) is 4.79 Å². The molecule has 0 bridgehead atoms. The zero-order valence-electron chi connectivity index (χ0n) is 14.0. The summed E-state index contributed by atoms with van der Waals surface area (Å²) in [6.45, 7) is 1.76. The molecule has 0 spiro atoms. The molecule has 5 N–H and O–H groups in total. The van der Waals surface area contributed by atoms with E-state index in [0.29, 0.717) is 0 Å². The van der Waals surface area contributed by atoms with Gasteiger partial charge in [0.15, 0.2) is 11.9 Å². The summed E-state index contributed by atoms with van der Waals surface area (Å²) >= 11 is 0. The van der Waals surface area contributed by atoms with Crippen molar-refractivity contribution < 1.29 is 34.2 Å². The van der Waals surface area contributed by atoms with E-state index in [2.05, 4.69) is 15.3 Å². The summed E-state index contributed by atoms with van der Waals surface area (Å²) in [5, 5.41) is 41.2. The van der Waals surface area contributed by atoms with Gasteiger partial charge in [0.2, 0.25) is 5.91 Å². The van der Waals surface area contributed by atoms with Crippen molar-refractivity contribution in [1.29, 1.82) is 0 Å². The van der Waals surface area contributed by atoms with Gasteiger partial charge in [-0.2, -0.15) is 0 Å². The Bertz CT molecular complexity index is 844. The number of aromatic nitrogens is 3. The van der Waals surface area contributed by atoms with Gasteiger partial charge in [-0.15, -0.1) is 0 Å². The van der Waals surface area contributed by atoms with Gasteiger partial charge in [0, 0.05) is 18.6 Å². The van der Waals surface area contributed by atoms with Crippen molar-refractivity contribution in [2.45, 2.75) is 38.0 Å². The first-order valence-electron chi connectivity index (χ1n) is 7.81. The number of alkyl halides is 1. The van der Waals surface area contributed by atoms with Crippen molar-refractivity contribution in [3.8, 4) is 0 Å². The van der Waals surface area contributed by atoms with E-state index in [-0.39, 0.29) is 22.3 Å². The van der Waals surface area contributed by atoms with Crippen LogP contribution in [0.1, 0.15) is 20.1 Å². The number of rotatable bonds is 4. The van der Waals surface area contributed by atoms with Crippen LogP contribution in [0.3, 0.4) is 0 Å². The molecule has 140 valence electrons. The average molecular weight is 368 g/mol. The highest BCUT2D eigenvalue weighted by Crippen LogP contribution is 2.42. The van der Waals surface area contributed by atoms with Gasteiger partial charge >= 0.3 is 7.12 Å². The van der Waals surface area contributed by atoms with Crippen LogP contribution in [0, 0.1) is 0 Å². The van der Waals surface area contributed by atoms with Crippen molar-refractivity contribution in [1.82, 2.24) is 14.5 Å². The third-order valence-corrected chi connectivity index (χ3v) is 4.36. The van der Waals surface area contributed by atoms with E-state index in [4.69, 9.17) is 4.74 Å². The van der Waals surface area contributed by atoms with Crippen LogP contribution in [-0.2, 0) is 9.53 Å². The zero-order valence-corrected chi connectivity index (χ0v) is 14.0. The standard InChI is InChI=1S/C14H18BFN4O6/c1-6(22)19-11-9-7(15(24)25)3-20(12(9)18-5-17-11)13-14(2,16)10(23)8(4-21)26-13/h3,5,8,10,13,21,23-25H,4H2,1-2H3,(H,17,18,19,22)/t8?,10?,13-,14-/m1/s1. The minimum absolute atomic E-state index is 0.0159. The number of hydrogen-bond donors (Lipinski definition) is 5. The molecule has 12 heteroatoms. The molecule has 1 amide bonds. The molecule has 1 aliphatic rings. The number of nitrogens with one attached hydrogen (secondary N) is 1. The summed E-state index contributed by atoms with van der Waals surface area (Å²) in [7, 11) is -1.96. The van der Waals surface area contributed by atoms with Crippen LogP contribution in [-0.4, -0.2) is 72.3 Å². The monoisotopic (exact) mass is 368 g/mol. The predicted molar refractivity (Wildman–Crippen MR) is 88.2 cm³/mol. The number of ether oxygens (including phenoxy) is 1. The minimum Gasteiger partial charge on any atom is -0.423 e. The normalized spacial score (nSPS) is 28.5. The Balaban J connectivity index is 2.20. The highest BCUT2D eigenvalue weighted by molar-refractivity contribution is 6.62. The van der Waals surface area contributed by atoms with Crippen LogP contribution >= 0.6 is 0 Å². The summed E-state index contributed by atoms with van der Waals surface area (Å²) in [6.07, 6.45) is -1.85. The Morgan fingerprint density at radius 1 is 1.50 bits per heavy atom. The van der Waals surface area contributed by atoms with Crippen molar-refractivity contribution >= 4 is 35.3 Å². The Morgan fingerprint density at radius 2 is 2.19 bits per heavy atom. The van der Waals surface area contributed by atoms with Crippen LogP contribution in [0.25, 0.3) is 11.0 Å². The number of amides is 1. The lowest BCUT2D eigenvalue weighted by atomic mass is 9.80. The Kier molecular flexibility index (Phi) is 4.71. The fourth-order valence-electron chi connectivity index (χ4n) is 3.11. The van der Waals surface area contributed by atoms with Crippen molar-refractivity contribution in [2.75, 3.05) is 11.9 Å². The lowest BCUT2D eigenvalue weighted by Crippen LogP contribution is -2.40. The van der Waals surface area contributed by atoms with E-state index in [0.717, 1.165) is 13.3 Å².